The lowest BCUT2D eigenvalue weighted by atomic mass is 10.0. The Labute approximate surface area is 171 Å². The van der Waals surface area contributed by atoms with E-state index in [0.29, 0.717) is 18.8 Å². The normalized spacial score (nSPS) is 20.9. The van der Waals surface area contributed by atoms with Gasteiger partial charge in [0.1, 0.15) is 0 Å². The summed E-state index contributed by atoms with van der Waals surface area (Å²) >= 11 is 0. The van der Waals surface area contributed by atoms with Crippen molar-refractivity contribution in [2.75, 3.05) is 13.1 Å². The molecular formula is C21H25NO6S. The van der Waals surface area contributed by atoms with Crippen LogP contribution in [-0.2, 0) is 29.6 Å². The van der Waals surface area contributed by atoms with E-state index in [-0.39, 0.29) is 18.0 Å². The molecule has 0 N–H and O–H groups in total. The Hall–Kier alpha value is -1.81. The van der Waals surface area contributed by atoms with Crippen molar-refractivity contribution in [1.82, 2.24) is 4.31 Å². The van der Waals surface area contributed by atoms with Crippen molar-refractivity contribution in [3.05, 3.63) is 65.7 Å². The number of nitrogens with zero attached hydrogens (tertiary/aromatic N) is 1. The summed E-state index contributed by atoms with van der Waals surface area (Å²) in [4.78, 5) is 22.3. The summed E-state index contributed by atoms with van der Waals surface area (Å²) in [5.74, 6) is -0.665. The van der Waals surface area contributed by atoms with Gasteiger partial charge in [-0.05, 0) is 23.6 Å². The number of piperidine rings is 1. The maximum absolute atomic E-state index is 12.8. The van der Waals surface area contributed by atoms with Gasteiger partial charge < -0.3 is 0 Å². The smallest absolute Gasteiger partial charge is 0.207 e. The van der Waals surface area contributed by atoms with Crippen molar-refractivity contribution in [2.24, 2.45) is 0 Å². The van der Waals surface area contributed by atoms with E-state index in [1.165, 1.54) is 9.87 Å². The molecule has 0 saturated carbocycles. The molecule has 2 aromatic rings. The zero-order valence-corrected chi connectivity index (χ0v) is 17.3. The molecule has 29 heavy (non-hydrogen) atoms. The summed E-state index contributed by atoms with van der Waals surface area (Å²) in [7, 11) is -3.54. The molecule has 7 nitrogen and oxygen atoms in total. The van der Waals surface area contributed by atoms with Crippen LogP contribution in [0.15, 0.2) is 59.5 Å². The first-order valence-electron chi connectivity index (χ1n) is 9.74. The molecule has 0 atom stereocenters. The molecule has 1 spiro atoms. The maximum atomic E-state index is 12.8. The SMILES string of the molecule is CC(C)c1ccc(C2OOC3(CCN(S(=O)(=O)c4ccccc4)CC3)OO2)cc1. The average molecular weight is 419 g/mol. The van der Waals surface area contributed by atoms with Gasteiger partial charge in [0.2, 0.25) is 22.1 Å². The van der Waals surface area contributed by atoms with Crippen LogP contribution in [0.4, 0.5) is 0 Å². The third kappa shape index (κ3) is 4.23. The highest BCUT2D eigenvalue weighted by molar-refractivity contribution is 7.89. The maximum Gasteiger partial charge on any atom is 0.249 e. The molecule has 2 saturated heterocycles. The molecule has 0 aromatic heterocycles. The van der Waals surface area contributed by atoms with Crippen molar-refractivity contribution in [3.63, 3.8) is 0 Å². The van der Waals surface area contributed by atoms with Gasteiger partial charge in [-0.1, -0.05) is 56.3 Å². The Balaban J connectivity index is 1.36. The van der Waals surface area contributed by atoms with Crippen LogP contribution in [0.3, 0.4) is 0 Å². The highest BCUT2D eigenvalue weighted by atomic mass is 32.2. The number of benzene rings is 2. The van der Waals surface area contributed by atoms with Gasteiger partial charge in [0.15, 0.2) is 0 Å². The van der Waals surface area contributed by atoms with Crippen molar-refractivity contribution in [1.29, 1.82) is 0 Å². The van der Waals surface area contributed by atoms with Gasteiger partial charge >= 0.3 is 0 Å². The van der Waals surface area contributed by atoms with Crippen LogP contribution in [0.1, 0.15) is 50.0 Å². The van der Waals surface area contributed by atoms with Crippen molar-refractivity contribution < 1.29 is 28.0 Å². The zero-order chi connectivity index (χ0) is 20.5. The lowest BCUT2D eigenvalue weighted by Crippen LogP contribution is -2.51. The first kappa shape index (κ1) is 20.5. The van der Waals surface area contributed by atoms with E-state index in [2.05, 4.69) is 13.8 Å². The number of rotatable bonds is 4. The van der Waals surface area contributed by atoms with Crippen LogP contribution in [0, 0.1) is 0 Å². The van der Waals surface area contributed by atoms with Crippen LogP contribution in [0.25, 0.3) is 0 Å². The molecule has 2 aromatic carbocycles. The predicted molar refractivity (Wildman–Crippen MR) is 105 cm³/mol. The van der Waals surface area contributed by atoms with E-state index >= 15 is 0 Å². The fraction of sp³-hybridized carbons (Fsp3) is 0.429. The Morgan fingerprint density at radius 2 is 1.52 bits per heavy atom. The molecule has 0 aliphatic carbocycles. The highest BCUT2D eigenvalue weighted by Gasteiger charge is 2.46. The predicted octanol–water partition coefficient (Wildman–Crippen LogP) is 3.90. The van der Waals surface area contributed by atoms with E-state index in [1.54, 1.807) is 30.3 Å². The highest BCUT2D eigenvalue weighted by Crippen LogP contribution is 2.38. The van der Waals surface area contributed by atoms with Crippen LogP contribution in [-0.4, -0.2) is 31.6 Å². The minimum atomic E-state index is -3.54. The van der Waals surface area contributed by atoms with Crippen molar-refractivity contribution >= 4 is 10.0 Å². The standard InChI is InChI=1S/C21H25NO6S/c1-16(2)17-8-10-18(11-9-17)20-25-27-21(28-26-20)12-14-22(15-13-21)29(23,24)19-6-4-3-5-7-19/h3-11,16,20H,12-15H2,1-2H3. The molecule has 2 aliphatic heterocycles. The molecule has 0 radical (unpaired) electrons. The second-order valence-corrected chi connectivity index (χ2v) is 9.58. The van der Waals surface area contributed by atoms with Gasteiger partial charge in [-0.15, -0.1) is 0 Å². The first-order chi connectivity index (χ1) is 13.9. The van der Waals surface area contributed by atoms with Gasteiger partial charge in [0.25, 0.3) is 0 Å². The van der Waals surface area contributed by atoms with Gasteiger partial charge in [-0.2, -0.15) is 23.9 Å². The third-order valence-electron chi connectivity index (χ3n) is 5.32. The summed E-state index contributed by atoms with van der Waals surface area (Å²) < 4.78 is 26.9. The molecule has 2 fully saturated rings. The number of sulfonamides is 1. The quantitative estimate of drug-likeness (QED) is 0.700. The van der Waals surface area contributed by atoms with Gasteiger partial charge in [0, 0.05) is 31.5 Å². The molecule has 2 aliphatic rings. The Bertz CT molecular complexity index is 911. The summed E-state index contributed by atoms with van der Waals surface area (Å²) in [6, 6.07) is 16.3. The summed E-state index contributed by atoms with van der Waals surface area (Å²) in [6.45, 7) is 4.75. The Morgan fingerprint density at radius 3 is 2.07 bits per heavy atom. The molecular weight excluding hydrogens is 394 g/mol. The fourth-order valence-electron chi connectivity index (χ4n) is 3.42. The minimum absolute atomic E-state index is 0.248. The minimum Gasteiger partial charge on any atom is -0.207 e. The molecule has 2 heterocycles. The summed E-state index contributed by atoms with van der Waals surface area (Å²) in [5.41, 5.74) is 2.00. The number of hydrogen-bond acceptors (Lipinski definition) is 6. The molecule has 156 valence electrons. The molecule has 0 unspecified atom stereocenters. The molecule has 0 bridgehead atoms. The van der Waals surface area contributed by atoms with Crippen LogP contribution >= 0.6 is 0 Å². The van der Waals surface area contributed by atoms with Crippen molar-refractivity contribution in [3.8, 4) is 0 Å². The third-order valence-corrected chi connectivity index (χ3v) is 7.23. The zero-order valence-electron chi connectivity index (χ0n) is 16.5. The summed E-state index contributed by atoms with van der Waals surface area (Å²) in [5, 5.41) is 0. The van der Waals surface area contributed by atoms with Crippen LogP contribution in [0.5, 0.6) is 0 Å². The average Bonchev–Trinajstić information content (AvgIpc) is 2.75. The molecule has 8 heteroatoms. The van der Waals surface area contributed by atoms with Crippen LogP contribution in [0.2, 0.25) is 0 Å². The van der Waals surface area contributed by atoms with E-state index < -0.39 is 22.1 Å². The summed E-state index contributed by atoms with van der Waals surface area (Å²) in [6.07, 6.45) is -0.177. The first-order valence-corrected chi connectivity index (χ1v) is 11.2. The Kier molecular flexibility index (Phi) is 5.74. The second-order valence-electron chi connectivity index (χ2n) is 7.64. The van der Waals surface area contributed by atoms with Crippen LogP contribution < -0.4 is 0 Å². The molecule has 0 amide bonds. The number of hydrogen-bond donors (Lipinski definition) is 0. The van der Waals surface area contributed by atoms with Gasteiger partial charge in [0.05, 0.1) is 4.90 Å². The largest absolute Gasteiger partial charge is 0.249 e. The van der Waals surface area contributed by atoms with Crippen molar-refractivity contribution in [2.45, 2.75) is 49.6 Å². The Morgan fingerprint density at radius 1 is 0.931 bits per heavy atom. The van der Waals surface area contributed by atoms with E-state index in [9.17, 15) is 8.42 Å². The fourth-order valence-corrected chi connectivity index (χ4v) is 4.88. The topological polar surface area (TPSA) is 74.3 Å². The monoisotopic (exact) mass is 419 g/mol. The van der Waals surface area contributed by atoms with E-state index in [0.717, 1.165) is 5.56 Å². The lowest BCUT2D eigenvalue weighted by molar-refractivity contribution is -0.633. The van der Waals surface area contributed by atoms with E-state index in [1.807, 2.05) is 24.3 Å². The second kappa shape index (κ2) is 8.14. The van der Waals surface area contributed by atoms with E-state index in [4.69, 9.17) is 19.6 Å². The van der Waals surface area contributed by atoms with Gasteiger partial charge in [-0.3, -0.25) is 0 Å². The lowest BCUT2D eigenvalue weighted by Gasteiger charge is -2.41. The van der Waals surface area contributed by atoms with Gasteiger partial charge in [-0.25, -0.2) is 8.42 Å². The molecule has 4 rings (SSSR count).